The summed E-state index contributed by atoms with van der Waals surface area (Å²) in [6.45, 7) is 3.09. The number of aryl methyl sites for hydroxylation is 1. The average molecular weight is 270 g/mol. The molecule has 0 N–H and O–H groups in total. The summed E-state index contributed by atoms with van der Waals surface area (Å²) in [6.07, 6.45) is 6.15. The Kier molecular flexibility index (Phi) is 3.51. The Morgan fingerprint density at radius 3 is 2.90 bits per heavy atom. The monoisotopic (exact) mass is 270 g/mol. The molecule has 106 valence electrons. The number of amides is 1. The molecule has 0 bridgehead atoms. The Morgan fingerprint density at radius 2 is 2.10 bits per heavy atom. The fourth-order valence-electron chi connectivity index (χ4n) is 3.30. The molecule has 3 heteroatoms. The number of benzene rings is 1. The lowest BCUT2D eigenvalue weighted by molar-refractivity contribution is -0.133. The van der Waals surface area contributed by atoms with Crippen LogP contribution in [0.3, 0.4) is 0 Å². The number of carbonyl (C=O) groups is 1. The maximum atomic E-state index is 12.5. The molecule has 2 aromatic rings. The normalized spacial score (nSPS) is 19.5. The number of fused-ring (bicyclic) bond motifs is 1. The minimum absolute atomic E-state index is 0.272. The molecule has 1 atom stereocenters. The van der Waals surface area contributed by atoms with Crippen LogP contribution < -0.4 is 0 Å². The predicted octanol–water partition coefficient (Wildman–Crippen LogP) is 3.12. The molecule has 1 aliphatic rings. The highest BCUT2D eigenvalue weighted by molar-refractivity contribution is 5.89. The molecule has 1 fully saturated rings. The molecular weight excluding hydrogens is 248 g/mol. The molecule has 1 aliphatic heterocycles. The highest BCUT2D eigenvalue weighted by Crippen LogP contribution is 2.23. The van der Waals surface area contributed by atoms with Crippen molar-refractivity contribution in [3.05, 3.63) is 36.0 Å². The third kappa shape index (κ3) is 2.33. The first-order valence-corrected chi connectivity index (χ1v) is 7.49. The van der Waals surface area contributed by atoms with Crippen LogP contribution in [0.2, 0.25) is 0 Å². The summed E-state index contributed by atoms with van der Waals surface area (Å²) in [7, 11) is 2.04. The summed E-state index contributed by atoms with van der Waals surface area (Å²) in [5.74, 6) is 0.272. The molecule has 0 saturated carbocycles. The van der Waals surface area contributed by atoms with Crippen LogP contribution in [-0.4, -0.2) is 28.0 Å². The van der Waals surface area contributed by atoms with E-state index in [-0.39, 0.29) is 5.91 Å². The van der Waals surface area contributed by atoms with E-state index in [2.05, 4.69) is 34.7 Å². The Labute approximate surface area is 120 Å². The van der Waals surface area contributed by atoms with Crippen molar-refractivity contribution in [3.63, 3.8) is 0 Å². The second-order valence-corrected chi connectivity index (χ2v) is 5.89. The van der Waals surface area contributed by atoms with Crippen molar-refractivity contribution >= 4 is 16.8 Å². The van der Waals surface area contributed by atoms with E-state index < -0.39 is 0 Å². The SMILES string of the molecule is CC1CCCCN1C(=O)Cc1cn(C)c2ccccc12. The van der Waals surface area contributed by atoms with Gasteiger partial charge in [0.1, 0.15) is 0 Å². The molecule has 3 rings (SSSR count). The summed E-state index contributed by atoms with van der Waals surface area (Å²) in [6, 6.07) is 8.69. The van der Waals surface area contributed by atoms with E-state index in [1.54, 1.807) is 0 Å². The second-order valence-electron chi connectivity index (χ2n) is 5.89. The van der Waals surface area contributed by atoms with Gasteiger partial charge in [-0.05, 0) is 37.8 Å². The second kappa shape index (κ2) is 5.31. The molecule has 0 spiro atoms. The maximum Gasteiger partial charge on any atom is 0.227 e. The number of rotatable bonds is 2. The maximum absolute atomic E-state index is 12.5. The summed E-state index contributed by atoms with van der Waals surface area (Å²) < 4.78 is 2.11. The van der Waals surface area contributed by atoms with Crippen molar-refractivity contribution in [2.24, 2.45) is 7.05 Å². The molecule has 1 aromatic carbocycles. The van der Waals surface area contributed by atoms with E-state index in [0.29, 0.717) is 12.5 Å². The first-order chi connectivity index (χ1) is 9.66. The summed E-state index contributed by atoms with van der Waals surface area (Å²) in [5.41, 5.74) is 2.34. The van der Waals surface area contributed by atoms with Crippen molar-refractivity contribution < 1.29 is 4.79 Å². The van der Waals surface area contributed by atoms with Gasteiger partial charge in [0.05, 0.1) is 6.42 Å². The lowest BCUT2D eigenvalue weighted by Gasteiger charge is -2.33. The fourth-order valence-corrected chi connectivity index (χ4v) is 3.30. The molecule has 3 nitrogen and oxygen atoms in total. The van der Waals surface area contributed by atoms with Gasteiger partial charge in [0.2, 0.25) is 5.91 Å². The molecule has 20 heavy (non-hydrogen) atoms. The highest BCUT2D eigenvalue weighted by Gasteiger charge is 2.23. The van der Waals surface area contributed by atoms with Gasteiger partial charge in [0.25, 0.3) is 0 Å². The Balaban J connectivity index is 1.84. The van der Waals surface area contributed by atoms with Crippen molar-refractivity contribution in [1.29, 1.82) is 0 Å². The first-order valence-electron chi connectivity index (χ1n) is 7.49. The summed E-state index contributed by atoms with van der Waals surface area (Å²) in [4.78, 5) is 14.6. The zero-order valence-corrected chi connectivity index (χ0v) is 12.3. The van der Waals surface area contributed by atoms with Crippen LogP contribution in [0.5, 0.6) is 0 Å². The topological polar surface area (TPSA) is 25.2 Å². The number of nitrogens with zero attached hydrogens (tertiary/aromatic N) is 2. The van der Waals surface area contributed by atoms with Crippen molar-refractivity contribution in [1.82, 2.24) is 9.47 Å². The van der Waals surface area contributed by atoms with Gasteiger partial charge in [-0.25, -0.2) is 0 Å². The Morgan fingerprint density at radius 1 is 1.30 bits per heavy atom. The van der Waals surface area contributed by atoms with Crippen LogP contribution in [-0.2, 0) is 18.3 Å². The number of piperidine rings is 1. The van der Waals surface area contributed by atoms with Gasteiger partial charge in [0, 0.05) is 36.7 Å². The van der Waals surface area contributed by atoms with Crippen LogP contribution in [0.4, 0.5) is 0 Å². The summed E-state index contributed by atoms with van der Waals surface area (Å²) in [5, 5.41) is 1.20. The third-order valence-electron chi connectivity index (χ3n) is 4.44. The standard InChI is InChI=1S/C17H22N2O/c1-13-7-5-6-10-19(13)17(20)11-14-12-18(2)16-9-4-3-8-15(14)16/h3-4,8-9,12-13H,5-7,10-11H2,1-2H3. The van der Waals surface area contributed by atoms with Gasteiger partial charge in [-0.15, -0.1) is 0 Å². The molecule has 2 heterocycles. The van der Waals surface area contributed by atoms with E-state index >= 15 is 0 Å². The zero-order valence-electron chi connectivity index (χ0n) is 12.3. The third-order valence-corrected chi connectivity index (χ3v) is 4.44. The van der Waals surface area contributed by atoms with Gasteiger partial charge in [-0.3, -0.25) is 4.79 Å². The number of para-hydroxylation sites is 1. The molecule has 1 amide bonds. The Hall–Kier alpha value is -1.77. The quantitative estimate of drug-likeness (QED) is 0.823. The van der Waals surface area contributed by atoms with Crippen LogP contribution >= 0.6 is 0 Å². The minimum atomic E-state index is 0.272. The fraction of sp³-hybridized carbons (Fsp3) is 0.471. The van der Waals surface area contributed by atoms with E-state index in [9.17, 15) is 4.79 Å². The lowest BCUT2D eigenvalue weighted by Crippen LogP contribution is -2.42. The molecule has 0 radical (unpaired) electrons. The van der Waals surface area contributed by atoms with E-state index in [1.165, 1.54) is 17.3 Å². The van der Waals surface area contributed by atoms with E-state index in [0.717, 1.165) is 24.9 Å². The van der Waals surface area contributed by atoms with Gasteiger partial charge in [0.15, 0.2) is 0 Å². The average Bonchev–Trinajstić information content (AvgIpc) is 2.76. The Bertz CT molecular complexity index is 629. The van der Waals surface area contributed by atoms with Crippen LogP contribution in [0.1, 0.15) is 31.7 Å². The molecular formula is C17H22N2O. The van der Waals surface area contributed by atoms with Crippen LogP contribution in [0.15, 0.2) is 30.5 Å². The number of likely N-dealkylation sites (tertiary alicyclic amines) is 1. The smallest absolute Gasteiger partial charge is 0.227 e. The van der Waals surface area contributed by atoms with Crippen molar-refractivity contribution in [2.75, 3.05) is 6.54 Å². The van der Waals surface area contributed by atoms with Gasteiger partial charge in [-0.1, -0.05) is 18.2 Å². The largest absolute Gasteiger partial charge is 0.350 e. The summed E-state index contributed by atoms with van der Waals surface area (Å²) >= 11 is 0. The zero-order chi connectivity index (χ0) is 14.1. The first kappa shape index (κ1) is 13.2. The van der Waals surface area contributed by atoms with E-state index in [4.69, 9.17) is 0 Å². The molecule has 1 saturated heterocycles. The predicted molar refractivity (Wildman–Crippen MR) is 81.6 cm³/mol. The highest BCUT2D eigenvalue weighted by atomic mass is 16.2. The number of hydrogen-bond acceptors (Lipinski definition) is 1. The van der Waals surface area contributed by atoms with Crippen molar-refractivity contribution in [3.8, 4) is 0 Å². The molecule has 1 aromatic heterocycles. The van der Waals surface area contributed by atoms with Gasteiger partial charge < -0.3 is 9.47 Å². The lowest BCUT2D eigenvalue weighted by atomic mass is 10.0. The molecule has 1 unspecified atom stereocenters. The van der Waals surface area contributed by atoms with E-state index in [1.807, 2.05) is 19.2 Å². The minimum Gasteiger partial charge on any atom is -0.350 e. The van der Waals surface area contributed by atoms with Crippen LogP contribution in [0, 0.1) is 0 Å². The molecule has 0 aliphatic carbocycles. The number of hydrogen-bond donors (Lipinski definition) is 0. The van der Waals surface area contributed by atoms with Crippen molar-refractivity contribution in [2.45, 2.75) is 38.6 Å². The van der Waals surface area contributed by atoms with Crippen LogP contribution in [0.25, 0.3) is 10.9 Å². The number of carbonyl (C=O) groups excluding carboxylic acids is 1. The van der Waals surface area contributed by atoms with Gasteiger partial charge in [-0.2, -0.15) is 0 Å². The van der Waals surface area contributed by atoms with Gasteiger partial charge >= 0.3 is 0 Å². The number of aromatic nitrogens is 1.